The van der Waals surface area contributed by atoms with E-state index in [-0.39, 0.29) is 17.9 Å². The fraction of sp³-hybridized carbons (Fsp3) is 0.690. The number of nitrogens with one attached hydrogen (secondary N) is 2. The van der Waals surface area contributed by atoms with E-state index in [9.17, 15) is 14.4 Å². The fourth-order valence-electron chi connectivity index (χ4n) is 4.71. The monoisotopic (exact) mass is 533 g/mol. The number of rotatable bonds is 12. The molecule has 0 spiro atoms. The number of nitrogens with zero attached hydrogens (tertiary/aromatic N) is 1. The lowest BCUT2D eigenvalue weighted by atomic mass is 9.93. The highest BCUT2D eigenvalue weighted by molar-refractivity contribution is 7.98. The maximum atomic E-state index is 14.1. The van der Waals surface area contributed by atoms with Crippen molar-refractivity contribution in [1.82, 2.24) is 15.5 Å². The zero-order chi connectivity index (χ0) is 27.4. The Kier molecular flexibility index (Phi) is 12.8. The second kappa shape index (κ2) is 15.3. The van der Waals surface area contributed by atoms with E-state index in [1.165, 1.54) is 6.42 Å². The number of ether oxygens (including phenoxy) is 1. The molecule has 3 amide bonds. The Morgan fingerprint density at radius 3 is 2.41 bits per heavy atom. The number of benzene rings is 1. The van der Waals surface area contributed by atoms with Crippen LogP contribution >= 0.6 is 11.8 Å². The van der Waals surface area contributed by atoms with Gasteiger partial charge in [0.25, 0.3) is 0 Å². The number of carbonyl (C=O) groups excluding carboxylic acids is 3. The van der Waals surface area contributed by atoms with Gasteiger partial charge >= 0.3 is 6.09 Å². The third-order valence-corrected chi connectivity index (χ3v) is 7.27. The molecule has 2 unspecified atom stereocenters. The molecule has 0 bridgehead atoms. The molecule has 1 saturated carbocycles. The summed E-state index contributed by atoms with van der Waals surface area (Å²) in [4.78, 5) is 42.4. The van der Waals surface area contributed by atoms with Crippen molar-refractivity contribution in [3.05, 3.63) is 35.4 Å². The molecule has 1 aliphatic rings. The third kappa shape index (κ3) is 10.2. The van der Waals surface area contributed by atoms with Crippen LogP contribution in [-0.2, 0) is 14.3 Å². The van der Waals surface area contributed by atoms with Gasteiger partial charge in [0.15, 0.2) is 0 Å². The van der Waals surface area contributed by atoms with Crippen LogP contribution in [-0.4, -0.2) is 59.0 Å². The van der Waals surface area contributed by atoms with E-state index in [4.69, 9.17) is 4.74 Å². The Morgan fingerprint density at radius 1 is 1.14 bits per heavy atom. The molecule has 0 aliphatic heterocycles. The Balaban J connectivity index is 2.43. The maximum Gasteiger partial charge on any atom is 0.408 e. The Labute approximate surface area is 227 Å². The Bertz CT molecular complexity index is 880. The van der Waals surface area contributed by atoms with Crippen LogP contribution < -0.4 is 10.6 Å². The quantitative estimate of drug-likeness (QED) is 0.357. The molecule has 0 saturated heterocycles. The summed E-state index contributed by atoms with van der Waals surface area (Å²) in [6, 6.07) is 6.35. The molecule has 7 nitrogen and oxygen atoms in total. The van der Waals surface area contributed by atoms with Crippen LogP contribution in [0.25, 0.3) is 0 Å². The lowest BCUT2D eigenvalue weighted by Gasteiger charge is -2.36. The predicted octanol–water partition coefficient (Wildman–Crippen LogP) is 5.76. The van der Waals surface area contributed by atoms with E-state index in [0.29, 0.717) is 18.7 Å². The smallest absolute Gasteiger partial charge is 0.408 e. The van der Waals surface area contributed by atoms with E-state index < -0.39 is 23.8 Å². The summed E-state index contributed by atoms with van der Waals surface area (Å²) < 4.78 is 5.46. The summed E-state index contributed by atoms with van der Waals surface area (Å²) in [6.07, 6.45) is 8.77. The summed E-state index contributed by atoms with van der Waals surface area (Å²) in [7, 11) is 0. The maximum absolute atomic E-state index is 14.1. The van der Waals surface area contributed by atoms with Gasteiger partial charge in [0, 0.05) is 12.6 Å². The molecule has 8 heteroatoms. The summed E-state index contributed by atoms with van der Waals surface area (Å²) >= 11 is 1.61. The van der Waals surface area contributed by atoms with E-state index in [1.54, 1.807) is 37.4 Å². The lowest BCUT2D eigenvalue weighted by molar-refractivity contribution is -0.143. The zero-order valence-corrected chi connectivity index (χ0v) is 24.4. The normalized spacial score (nSPS) is 15.9. The fourth-order valence-corrected chi connectivity index (χ4v) is 5.18. The number of carbonyl (C=O) groups is 3. The molecule has 1 aromatic rings. The van der Waals surface area contributed by atoms with Crippen molar-refractivity contribution >= 4 is 29.7 Å². The van der Waals surface area contributed by atoms with Crippen LogP contribution in [0.5, 0.6) is 0 Å². The summed E-state index contributed by atoms with van der Waals surface area (Å²) in [6.45, 7) is 9.85. The first-order chi connectivity index (χ1) is 17.6. The van der Waals surface area contributed by atoms with Gasteiger partial charge in [-0.25, -0.2) is 4.79 Å². The highest BCUT2D eigenvalue weighted by atomic mass is 32.2. The molecular formula is C29H47N3O4S. The molecule has 2 atom stereocenters. The van der Waals surface area contributed by atoms with Gasteiger partial charge in [-0.05, 0) is 76.5 Å². The average molecular weight is 534 g/mol. The number of hydrogen-bond acceptors (Lipinski definition) is 5. The molecule has 37 heavy (non-hydrogen) atoms. The molecule has 2 N–H and O–H groups in total. The highest BCUT2D eigenvalue weighted by Crippen LogP contribution is 2.28. The molecule has 208 valence electrons. The van der Waals surface area contributed by atoms with E-state index >= 15 is 0 Å². The molecule has 0 heterocycles. The van der Waals surface area contributed by atoms with Crippen molar-refractivity contribution in [3.63, 3.8) is 0 Å². The summed E-state index contributed by atoms with van der Waals surface area (Å²) in [5, 5.41) is 6.07. The van der Waals surface area contributed by atoms with Crippen molar-refractivity contribution in [1.29, 1.82) is 0 Å². The average Bonchev–Trinajstić information content (AvgIpc) is 2.84. The van der Waals surface area contributed by atoms with Crippen molar-refractivity contribution in [2.75, 3.05) is 18.6 Å². The molecule has 1 fully saturated rings. The molecule has 0 aromatic heterocycles. The van der Waals surface area contributed by atoms with E-state index in [1.807, 2.05) is 37.4 Å². The number of amides is 3. The lowest BCUT2D eigenvalue weighted by Crippen LogP contribution is -2.54. The topological polar surface area (TPSA) is 87.7 Å². The standard InChI is InChI=1S/C29H47N3O4S/c1-7-8-19-32(27(34)24(18-20-37-6)31-28(35)36-29(3,4)5)25(23-17-13-12-14-21(23)2)26(33)30-22-15-10-9-11-16-22/h12-14,17,22,24-25H,7-11,15-16,18-20H2,1-6H3,(H,30,33)(H,31,35). The van der Waals surface area contributed by atoms with Crippen LogP contribution in [0.3, 0.4) is 0 Å². The van der Waals surface area contributed by atoms with E-state index in [2.05, 4.69) is 17.6 Å². The molecule has 0 radical (unpaired) electrons. The predicted molar refractivity (Wildman–Crippen MR) is 152 cm³/mol. The second-order valence-corrected chi connectivity index (χ2v) is 12.0. The number of unbranched alkanes of at least 4 members (excludes halogenated alkanes) is 1. The second-order valence-electron chi connectivity index (χ2n) is 11.0. The van der Waals surface area contributed by atoms with Gasteiger partial charge in [-0.1, -0.05) is 56.9 Å². The first-order valence-electron chi connectivity index (χ1n) is 13.7. The minimum Gasteiger partial charge on any atom is -0.444 e. The first-order valence-corrected chi connectivity index (χ1v) is 15.1. The van der Waals surface area contributed by atoms with Crippen molar-refractivity contribution in [3.8, 4) is 0 Å². The van der Waals surface area contributed by atoms with Crippen LogP contribution in [0, 0.1) is 6.92 Å². The number of thioether (sulfide) groups is 1. The van der Waals surface area contributed by atoms with Gasteiger partial charge in [0.05, 0.1) is 0 Å². The minimum atomic E-state index is -0.784. The van der Waals surface area contributed by atoms with Crippen LogP contribution in [0.15, 0.2) is 24.3 Å². The van der Waals surface area contributed by atoms with Gasteiger partial charge in [-0.3, -0.25) is 9.59 Å². The molecule has 1 aliphatic carbocycles. The van der Waals surface area contributed by atoms with Gasteiger partial charge < -0.3 is 20.3 Å². The van der Waals surface area contributed by atoms with Crippen molar-refractivity contribution in [2.45, 2.75) is 110 Å². The number of hydrogen-bond donors (Lipinski definition) is 2. The summed E-state index contributed by atoms with van der Waals surface area (Å²) in [5.41, 5.74) is 1.10. The van der Waals surface area contributed by atoms with Gasteiger partial charge in [-0.15, -0.1) is 0 Å². The highest BCUT2D eigenvalue weighted by Gasteiger charge is 2.37. The summed E-state index contributed by atoms with van der Waals surface area (Å²) in [5.74, 6) is 0.295. The van der Waals surface area contributed by atoms with Crippen LogP contribution in [0.2, 0.25) is 0 Å². The Hall–Kier alpha value is -2.22. The van der Waals surface area contributed by atoms with Crippen LogP contribution in [0.4, 0.5) is 4.79 Å². The Morgan fingerprint density at radius 2 is 1.81 bits per heavy atom. The van der Waals surface area contributed by atoms with Gasteiger partial charge in [0.2, 0.25) is 11.8 Å². The van der Waals surface area contributed by atoms with Gasteiger partial charge in [-0.2, -0.15) is 11.8 Å². The van der Waals surface area contributed by atoms with E-state index in [0.717, 1.165) is 49.7 Å². The SMILES string of the molecule is CCCCN(C(=O)C(CCSC)NC(=O)OC(C)(C)C)C(C(=O)NC1CCCCC1)c1ccccc1C. The first kappa shape index (κ1) is 31.0. The zero-order valence-electron chi connectivity index (χ0n) is 23.6. The van der Waals surface area contributed by atoms with Crippen LogP contribution in [0.1, 0.15) is 96.2 Å². The van der Waals surface area contributed by atoms with Crippen molar-refractivity contribution < 1.29 is 19.1 Å². The van der Waals surface area contributed by atoms with Crippen molar-refractivity contribution in [2.24, 2.45) is 0 Å². The molecular weight excluding hydrogens is 486 g/mol. The number of aryl methyl sites for hydroxylation is 1. The minimum absolute atomic E-state index is 0.128. The van der Waals surface area contributed by atoms with Gasteiger partial charge in [0.1, 0.15) is 17.7 Å². The molecule has 1 aromatic carbocycles. The number of alkyl carbamates (subject to hydrolysis) is 1. The third-order valence-electron chi connectivity index (χ3n) is 6.63. The molecule has 2 rings (SSSR count). The largest absolute Gasteiger partial charge is 0.444 e.